The summed E-state index contributed by atoms with van der Waals surface area (Å²) in [6, 6.07) is 16.3. The van der Waals surface area contributed by atoms with Gasteiger partial charge in [-0.3, -0.25) is 9.59 Å². The van der Waals surface area contributed by atoms with Crippen LogP contribution in [0.3, 0.4) is 0 Å². The number of aromatic amines is 2. The first-order valence-corrected chi connectivity index (χ1v) is 13.1. The standard InChI is InChI=1S/C15H13FN4O2.C14H9F2N3O2.CH5N.ClH/c1-18-13-7-12-10(6-11(13)16)14(21)20(15(22)19-12)9-4-2-8(17)3-5-9;15-10-5-9-12(6-11(10)16)18-14(21)19(13(9)20)8-3-1-7(17)2-4-8;1-2;/h2-7,18H,17H2,1H3,(H,19,22);1-6H,17H2,(H,18,21);2H2,1H3;1H. The molecule has 0 bridgehead atoms. The molecule has 0 atom stereocenters. The highest BCUT2D eigenvalue weighted by Crippen LogP contribution is 2.19. The van der Waals surface area contributed by atoms with Crippen LogP contribution in [0.25, 0.3) is 33.2 Å². The predicted octanol–water partition coefficient (Wildman–Crippen LogP) is 2.98. The van der Waals surface area contributed by atoms with E-state index in [1.807, 2.05) is 0 Å². The van der Waals surface area contributed by atoms with Gasteiger partial charge < -0.3 is 32.5 Å². The van der Waals surface area contributed by atoms with E-state index < -0.39 is 39.9 Å². The van der Waals surface area contributed by atoms with Gasteiger partial charge in [-0.1, -0.05) is 0 Å². The quantitative estimate of drug-likeness (QED) is 0.156. The van der Waals surface area contributed by atoms with Crippen LogP contribution in [0.1, 0.15) is 0 Å². The normalized spacial score (nSPS) is 10.3. The lowest BCUT2D eigenvalue weighted by atomic mass is 10.2. The highest BCUT2D eigenvalue weighted by molar-refractivity contribution is 5.85. The van der Waals surface area contributed by atoms with Crippen molar-refractivity contribution in [2.75, 3.05) is 30.9 Å². The van der Waals surface area contributed by atoms with Crippen LogP contribution in [-0.2, 0) is 0 Å². The lowest BCUT2D eigenvalue weighted by molar-refractivity contribution is 0.510. The van der Waals surface area contributed by atoms with E-state index in [-0.39, 0.29) is 45.6 Å². The largest absolute Gasteiger partial charge is 0.399 e. The summed E-state index contributed by atoms with van der Waals surface area (Å²) in [6.07, 6.45) is 0. The number of halogens is 4. The molecule has 0 fully saturated rings. The molecule has 16 heteroatoms. The Kier molecular flexibility index (Phi) is 10.8. The van der Waals surface area contributed by atoms with Gasteiger partial charge >= 0.3 is 11.4 Å². The number of nitrogen functional groups attached to an aromatic ring is 2. The van der Waals surface area contributed by atoms with Gasteiger partial charge in [-0.25, -0.2) is 31.9 Å². The smallest absolute Gasteiger partial charge is 0.333 e. The van der Waals surface area contributed by atoms with Crippen molar-refractivity contribution in [3.05, 3.63) is 132 Å². The molecular formula is C30H28ClF3N8O4. The Bertz CT molecular complexity index is 2270. The molecule has 9 N–H and O–H groups in total. The topological polar surface area (TPSA) is 200 Å². The number of hydrogen-bond donors (Lipinski definition) is 6. The van der Waals surface area contributed by atoms with Gasteiger partial charge in [0.15, 0.2) is 11.6 Å². The zero-order valence-electron chi connectivity index (χ0n) is 24.2. The van der Waals surface area contributed by atoms with Crippen molar-refractivity contribution in [3.63, 3.8) is 0 Å². The fourth-order valence-corrected chi connectivity index (χ4v) is 4.36. The van der Waals surface area contributed by atoms with Gasteiger partial charge in [0.2, 0.25) is 0 Å². The highest BCUT2D eigenvalue weighted by atomic mass is 35.5. The van der Waals surface area contributed by atoms with Gasteiger partial charge in [0.25, 0.3) is 11.1 Å². The third-order valence-corrected chi connectivity index (χ3v) is 6.50. The van der Waals surface area contributed by atoms with Gasteiger partial charge in [-0.15, -0.1) is 12.4 Å². The van der Waals surface area contributed by atoms with Crippen LogP contribution in [0, 0.1) is 17.5 Å². The van der Waals surface area contributed by atoms with Crippen LogP contribution < -0.4 is 45.0 Å². The number of H-pyrrole nitrogens is 2. The molecule has 12 nitrogen and oxygen atoms in total. The number of nitrogens with zero attached hydrogens (tertiary/aromatic N) is 2. The maximum atomic E-state index is 13.9. The molecular weight excluding hydrogens is 629 g/mol. The Morgan fingerprint density at radius 1 is 0.609 bits per heavy atom. The van der Waals surface area contributed by atoms with Crippen LogP contribution in [0.2, 0.25) is 0 Å². The van der Waals surface area contributed by atoms with E-state index in [0.29, 0.717) is 17.1 Å². The highest BCUT2D eigenvalue weighted by Gasteiger charge is 2.14. The number of rotatable bonds is 3. The SMILES string of the molecule is CN.CNc1cc2[nH]c(=O)n(-c3ccc(N)cc3)c(=O)c2cc1F.Cl.Nc1ccc(-n2c(=O)[nH]c3cc(F)c(F)cc3c2=O)cc1. The number of benzene rings is 4. The van der Waals surface area contributed by atoms with Gasteiger partial charge in [0.1, 0.15) is 5.82 Å². The number of fused-ring (bicyclic) bond motifs is 2. The Labute approximate surface area is 263 Å². The van der Waals surface area contributed by atoms with Gasteiger partial charge in [0.05, 0.1) is 38.9 Å². The molecule has 0 saturated heterocycles. The Hall–Kier alpha value is -5.80. The summed E-state index contributed by atoms with van der Waals surface area (Å²) in [5, 5.41) is 2.63. The molecule has 2 heterocycles. The molecule has 0 unspecified atom stereocenters. The van der Waals surface area contributed by atoms with Crippen LogP contribution >= 0.6 is 12.4 Å². The molecule has 0 saturated carbocycles. The molecule has 0 amide bonds. The molecule has 6 aromatic rings. The average Bonchev–Trinajstić information content (AvgIpc) is 3.02. The Balaban J connectivity index is 0.000000233. The summed E-state index contributed by atoms with van der Waals surface area (Å²) in [5.74, 6) is -2.86. The van der Waals surface area contributed by atoms with Crippen molar-refractivity contribution in [2.24, 2.45) is 5.73 Å². The summed E-state index contributed by atoms with van der Waals surface area (Å²) in [5.41, 5.74) is 15.0. The lowest BCUT2D eigenvalue weighted by Crippen LogP contribution is -2.33. The minimum atomic E-state index is -1.16. The van der Waals surface area contributed by atoms with Crippen LogP contribution in [-0.4, -0.2) is 33.2 Å². The molecule has 4 aromatic carbocycles. The maximum Gasteiger partial charge on any atom is 0.333 e. The number of hydrogen-bond acceptors (Lipinski definition) is 8. The van der Waals surface area contributed by atoms with Crippen molar-refractivity contribution >= 4 is 51.3 Å². The van der Waals surface area contributed by atoms with Crippen LogP contribution in [0.5, 0.6) is 0 Å². The monoisotopic (exact) mass is 656 g/mol. The second-order valence-electron chi connectivity index (χ2n) is 9.26. The van der Waals surface area contributed by atoms with E-state index in [0.717, 1.165) is 27.3 Å². The number of nitrogens with two attached hydrogens (primary N) is 3. The summed E-state index contributed by atoms with van der Waals surface area (Å²) in [4.78, 5) is 53.9. The number of anilines is 3. The van der Waals surface area contributed by atoms with E-state index in [9.17, 15) is 32.3 Å². The maximum absolute atomic E-state index is 13.9. The fourth-order valence-electron chi connectivity index (χ4n) is 4.36. The molecule has 0 aliphatic heterocycles. The van der Waals surface area contributed by atoms with Gasteiger partial charge in [-0.05, 0) is 73.8 Å². The van der Waals surface area contributed by atoms with Crippen molar-refractivity contribution in [1.29, 1.82) is 0 Å². The molecule has 0 spiro atoms. The molecule has 0 radical (unpaired) electrons. The zero-order chi connectivity index (χ0) is 33.0. The summed E-state index contributed by atoms with van der Waals surface area (Å²) in [7, 11) is 3.05. The summed E-state index contributed by atoms with van der Waals surface area (Å²) < 4.78 is 42.1. The first-order valence-electron chi connectivity index (χ1n) is 13.1. The van der Waals surface area contributed by atoms with Crippen molar-refractivity contribution < 1.29 is 13.2 Å². The second kappa shape index (κ2) is 14.3. The van der Waals surface area contributed by atoms with Crippen LogP contribution in [0.4, 0.5) is 30.2 Å². The molecule has 0 aliphatic carbocycles. The van der Waals surface area contributed by atoms with Gasteiger partial charge in [0, 0.05) is 24.5 Å². The second-order valence-corrected chi connectivity index (χ2v) is 9.26. The lowest BCUT2D eigenvalue weighted by Gasteiger charge is -2.08. The molecule has 6 rings (SSSR count). The van der Waals surface area contributed by atoms with E-state index in [1.54, 1.807) is 31.3 Å². The molecule has 2 aromatic heterocycles. The Morgan fingerprint density at radius 3 is 1.39 bits per heavy atom. The van der Waals surface area contributed by atoms with E-state index in [2.05, 4.69) is 21.0 Å². The number of nitrogens with one attached hydrogen (secondary N) is 3. The molecule has 240 valence electrons. The minimum Gasteiger partial charge on any atom is -0.399 e. The van der Waals surface area contributed by atoms with Crippen molar-refractivity contribution in [1.82, 2.24) is 19.1 Å². The third-order valence-electron chi connectivity index (χ3n) is 6.50. The first kappa shape index (κ1) is 34.7. The van der Waals surface area contributed by atoms with Crippen molar-refractivity contribution in [3.8, 4) is 11.4 Å². The zero-order valence-corrected chi connectivity index (χ0v) is 25.0. The van der Waals surface area contributed by atoms with Crippen molar-refractivity contribution in [2.45, 2.75) is 0 Å². The van der Waals surface area contributed by atoms with Crippen LogP contribution in [0.15, 0.2) is 92.0 Å². The average molecular weight is 657 g/mol. The summed E-state index contributed by atoms with van der Waals surface area (Å²) in [6.45, 7) is 0. The molecule has 0 aliphatic rings. The third kappa shape index (κ3) is 6.80. The predicted molar refractivity (Wildman–Crippen MR) is 176 cm³/mol. The minimum absolute atomic E-state index is 0. The van der Waals surface area contributed by atoms with Gasteiger partial charge in [-0.2, -0.15) is 0 Å². The van der Waals surface area contributed by atoms with E-state index >= 15 is 0 Å². The first-order chi connectivity index (χ1) is 21.5. The van der Waals surface area contributed by atoms with E-state index in [4.69, 9.17) is 11.5 Å². The molecule has 46 heavy (non-hydrogen) atoms. The fraction of sp³-hybridized carbons (Fsp3) is 0.0667. The Morgan fingerprint density at radius 2 is 0.978 bits per heavy atom. The van der Waals surface area contributed by atoms with E-state index in [1.165, 1.54) is 37.4 Å². The summed E-state index contributed by atoms with van der Waals surface area (Å²) >= 11 is 0. The number of aromatic nitrogens is 4.